The lowest BCUT2D eigenvalue weighted by molar-refractivity contribution is -0.671. The molecule has 0 bridgehead atoms. The highest BCUT2D eigenvalue weighted by Crippen LogP contribution is 2.44. The van der Waals surface area contributed by atoms with E-state index in [1.807, 2.05) is 42.2 Å². The van der Waals surface area contributed by atoms with E-state index in [-0.39, 0.29) is 29.9 Å². The summed E-state index contributed by atoms with van der Waals surface area (Å²) in [5.74, 6) is 1.60. The van der Waals surface area contributed by atoms with Crippen molar-refractivity contribution in [2.75, 3.05) is 28.4 Å². The number of hydrogen-bond donors (Lipinski definition) is 1. The minimum Gasteiger partial charge on any atom is -1.00 e. The summed E-state index contributed by atoms with van der Waals surface area (Å²) in [7, 11) is 8.14. The third-order valence-corrected chi connectivity index (χ3v) is 6.60. The van der Waals surface area contributed by atoms with Gasteiger partial charge in [0, 0.05) is 23.3 Å². The van der Waals surface area contributed by atoms with Crippen molar-refractivity contribution in [3.05, 3.63) is 83.2 Å². The molecule has 0 saturated carbocycles. The zero-order valence-electron chi connectivity index (χ0n) is 22.2. The van der Waals surface area contributed by atoms with Crippen molar-refractivity contribution < 1.29 is 57.4 Å². The van der Waals surface area contributed by atoms with Gasteiger partial charge in [-0.05, 0) is 42.0 Å². The van der Waals surface area contributed by atoms with Gasteiger partial charge in [-0.1, -0.05) is 0 Å². The van der Waals surface area contributed by atoms with Crippen molar-refractivity contribution in [3.63, 3.8) is 0 Å². The van der Waals surface area contributed by atoms with E-state index in [0.717, 1.165) is 5.56 Å². The standard InChI is InChI=1S/C29H27N3O6.HI/c1-31-12-10-17(11-13-31)16-32-27(19-7-9-21(36-3)23(15-19)38-5)25-24(29(32)34)26(30-28(25)33)18-6-8-20(35-2)22(14-18)37-4;/h6-15H,16H2,1-5H3;1H. The van der Waals surface area contributed by atoms with Crippen LogP contribution in [0, 0.1) is 0 Å². The van der Waals surface area contributed by atoms with Gasteiger partial charge in [-0.2, -0.15) is 0 Å². The normalized spacial score (nSPS) is 11.9. The number of ether oxygens (including phenoxy) is 4. The lowest BCUT2D eigenvalue weighted by Gasteiger charge is -2.14. The van der Waals surface area contributed by atoms with E-state index in [1.165, 1.54) is 7.11 Å². The molecule has 3 heterocycles. The van der Waals surface area contributed by atoms with Gasteiger partial charge >= 0.3 is 0 Å². The van der Waals surface area contributed by atoms with E-state index >= 15 is 0 Å². The van der Waals surface area contributed by atoms with Gasteiger partial charge in [0.15, 0.2) is 35.4 Å². The fourth-order valence-electron chi connectivity index (χ4n) is 4.70. The summed E-state index contributed by atoms with van der Waals surface area (Å²) in [4.78, 5) is 17.8. The Kier molecular flexibility index (Phi) is 8.14. The molecule has 0 unspecified atom stereocenters. The van der Waals surface area contributed by atoms with Gasteiger partial charge in [-0.3, -0.25) is 4.79 Å². The van der Waals surface area contributed by atoms with Gasteiger partial charge in [0.2, 0.25) is 5.88 Å². The zero-order chi connectivity index (χ0) is 27.0. The van der Waals surface area contributed by atoms with E-state index in [2.05, 4.69) is 4.99 Å². The Bertz CT molecular complexity index is 1580. The van der Waals surface area contributed by atoms with Crippen molar-refractivity contribution >= 4 is 11.6 Å². The Balaban J connectivity index is 0.00000353. The summed E-state index contributed by atoms with van der Waals surface area (Å²) in [5.41, 5.74) is 3.84. The lowest BCUT2D eigenvalue weighted by atomic mass is 9.99. The molecule has 0 fully saturated rings. The van der Waals surface area contributed by atoms with Crippen molar-refractivity contribution in [2.24, 2.45) is 12.0 Å². The second kappa shape index (κ2) is 11.4. The number of nitrogens with zero attached hydrogens (tertiary/aromatic N) is 3. The molecule has 5 rings (SSSR count). The molecule has 1 aliphatic rings. The number of halogens is 1. The Morgan fingerprint density at radius 1 is 0.795 bits per heavy atom. The molecule has 1 N–H and O–H groups in total. The van der Waals surface area contributed by atoms with Crippen LogP contribution in [0.1, 0.15) is 27.0 Å². The fourth-order valence-corrected chi connectivity index (χ4v) is 4.70. The minimum absolute atomic E-state index is 0. The number of benzene rings is 2. The number of carbonyl (C=O) groups excluding carboxylic acids is 1. The summed E-state index contributed by atoms with van der Waals surface area (Å²) in [5, 5.41) is 11.6. The van der Waals surface area contributed by atoms with Crippen molar-refractivity contribution in [1.82, 2.24) is 4.57 Å². The van der Waals surface area contributed by atoms with E-state index in [0.29, 0.717) is 63.2 Å². The molecule has 0 saturated heterocycles. The van der Waals surface area contributed by atoms with Crippen molar-refractivity contribution in [2.45, 2.75) is 6.54 Å². The number of fused-ring (bicyclic) bond motifs is 1. The molecular formula is C29H28IN3O6. The lowest BCUT2D eigenvalue weighted by Crippen LogP contribution is -3.00. The summed E-state index contributed by atoms with van der Waals surface area (Å²) < 4.78 is 25.4. The molecule has 202 valence electrons. The van der Waals surface area contributed by atoms with Crippen LogP contribution in [0.2, 0.25) is 0 Å². The second-order valence-corrected chi connectivity index (χ2v) is 8.79. The molecule has 4 aromatic rings. The molecule has 0 radical (unpaired) electrons. The predicted octanol–water partition coefficient (Wildman–Crippen LogP) is 0.763. The summed E-state index contributed by atoms with van der Waals surface area (Å²) in [6, 6.07) is 14.6. The van der Waals surface area contributed by atoms with E-state index < -0.39 is 5.91 Å². The number of pyridine rings is 1. The van der Waals surface area contributed by atoms with Gasteiger partial charge in [0.25, 0.3) is 5.91 Å². The maximum atomic E-state index is 13.4. The van der Waals surface area contributed by atoms with Gasteiger partial charge in [0.05, 0.1) is 57.5 Å². The third kappa shape index (κ3) is 4.91. The van der Waals surface area contributed by atoms with Crippen LogP contribution in [-0.4, -0.2) is 49.7 Å². The highest BCUT2D eigenvalue weighted by atomic mass is 127. The second-order valence-electron chi connectivity index (χ2n) is 8.79. The summed E-state index contributed by atoms with van der Waals surface area (Å²) >= 11 is 0. The van der Waals surface area contributed by atoms with Crippen LogP contribution in [0.3, 0.4) is 0 Å². The van der Waals surface area contributed by atoms with Crippen LogP contribution in [0.4, 0.5) is 0 Å². The maximum absolute atomic E-state index is 13.4. The largest absolute Gasteiger partial charge is 1.00 e. The van der Waals surface area contributed by atoms with Gasteiger partial charge in [0.1, 0.15) is 7.05 Å². The number of carbonyl (C=O) groups is 1. The number of hydrogen-bond acceptors (Lipinski definition) is 6. The number of aromatic nitrogens is 2. The van der Waals surface area contributed by atoms with Crippen molar-refractivity contribution in [1.29, 1.82) is 0 Å². The average molecular weight is 641 g/mol. The zero-order valence-corrected chi connectivity index (χ0v) is 24.3. The van der Waals surface area contributed by atoms with E-state index in [4.69, 9.17) is 18.9 Å². The molecule has 1 aliphatic heterocycles. The summed E-state index contributed by atoms with van der Waals surface area (Å²) in [6.45, 7) is 0.329. The first kappa shape index (κ1) is 28.0. The van der Waals surface area contributed by atoms with Crippen LogP contribution in [-0.2, 0) is 13.6 Å². The van der Waals surface area contributed by atoms with Crippen molar-refractivity contribution in [3.8, 4) is 40.1 Å². The van der Waals surface area contributed by atoms with Gasteiger partial charge in [-0.25, -0.2) is 9.56 Å². The number of amides is 1. The molecule has 10 heteroatoms. The van der Waals surface area contributed by atoms with Crippen LogP contribution < -0.4 is 47.5 Å². The Hall–Kier alpha value is -4.06. The fraction of sp³-hybridized carbons (Fsp3) is 0.207. The molecule has 39 heavy (non-hydrogen) atoms. The monoisotopic (exact) mass is 641 g/mol. The maximum Gasteiger partial charge on any atom is 0.280 e. The highest BCUT2D eigenvalue weighted by Gasteiger charge is 2.36. The highest BCUT2D eigenvalue weighted by molar-refractivity contribution is 6.30. The number of aryl methyl sites for hydroxylation is 1. The van der Waals surface area contributed by atoms with Crippen LogP contribution in [0.5, 0.6) is 28.9 Å². The predicted molar refractivity (Wildman–Crippen MR) is 141 cm³/mol. The minimum atomic E-state index is -0.442. The first-order chi connectivity index (χ1) is 18.4. The quantitative estimate of drug-likeness (QED) is 0.226. The Labute approximate surface area is 243 Å². The SMILES string of the molecule is COc1ccc(C2=NC(=O)c3c2c(O)n(Cc2cc[n+](C)cc2)c3-c2ccc(OC)c(OC)c2)cc1OC.[I-]. The first-order valence-electron chi connectivity index (χ1n) is 11.9. The molecule has 0 aliphatic carbocycles. The molecular weight excluding hydrogens is 613 g/mol. The first-order valence-corrected chi connectivity index (χ1v) is 11.9. The van der Waals surface area contributed by atoms with Gasteiger partial charge in [-0.15, -0.1) is 0 Å². The average Bonchev–Trinajstić information content (AvgIpc) is 3.43. The van der Waals surface area contributed by atoms with Gasteiger partial charge < -0.3 is 52.6 Å². The third-order valence-electron chi connectivity index (χ3n) is 6.60. The molecule has 0 atom stereocenters. The molecule has 2 aromatic heterocycles. The molecule has 9 nitrogen and oxygen atoms in total. The number of aliphatic imine (C=N–C) groups is 1. The van der Waals surface area contributed by atoms with Crippen LogP contribution in [0.15, 0.2) is 65.9 Å². The topological polar surface area (TPSA) is 95.4 Å². The van der Waals surface area contributed by atoms with Crippen LogP contribution >= 0.6 is 0 Å². The number of rotatable bonds is 8. The van der Waals surface area contributed by atoms with Crippen LogP contribution in [0.25, 0.3) is 11.3 Å². The number of aromatic hydroxyl groups is 1. The summed E-state index contributed by atoms with van der Waals surface area (Å²) in [6.07, 6.45) is 3.86. The molecule has 2 aromatic carbocycles. The number of methoxy groups -OCH3 is 4. The van der Waals surface area contributed by atoms with E-state index in [9.17, 15) is 9.90 Å². The smallest absolute Gasteiger partial charge is 0.280 e. The van der Waals surface area contributed by atoms with E-state index in [1.54, 1.807) is 56.2 Å². The molecule has 0 spiro atoms. The Morgan fingerprint density at radius 3 is 1.90 bits per heavy atom. The molecule has 1 amide bonds. The Morgan fingerprint density at radius 2 is 1.33 bits per heavy atom.